The van der Waals surface area contributed by atoms with Crippen molar-refractivity contribution in [3.05, 3.63) is 82.9 Å². The van der Waals surface area contributed by atoms with Gasteiger partial charge in [0.25, 0.3) is 0 Å². The van der Waals surface area contributed by atoms with Crippen LogP contribution in [0, 0.1) is 23.7 Å². The van der Waals surface area contributed by atoms with Crippen molar-refractivity contribution in [1.82, 2.24) is 0 Å². The maximum atomic E-state index is 3.33. The first kappa shape index (κ1) is 23.4. The average Bonchev–Trinajstić information content (AvgIpc) is 2.82. The predicted octanol–water partition coefficient (Wildman–Crippen LogP) is 8.52. The molecule has 31 heavy (non-hydrogen) atoms. The molecular formula is C31H40. The lowest BCUT2D eigenvalue weighted by Gasteiger charge is -2.28. The van der Waals surface area contributed by atoms with Crippen molar-refractivity contribution in [3.8, 4) is 11.8 Å². The molecule has 1 saturated carbocycles. The highest BCUT2D eigenvalue weighted by Gasteiger charge is 2.20. The number of unbranched alkanes of at least 4 members (excludes halogenated alkanes) is 1. The monoisotopic (exact) mass is 412 g/mol. The van der Waals surface area contributed by atoms with Crippen molar-refractivity contribution in [2.24, 2.45) is 11.8 Å². The summed E-state index contributed by atoms with van der Waals surface area (Å²) in [6.07, 6.45) is 19.2. The average molecular weight is 413 g/mol. The molecule has 2 aromatic rings. The largest absolute Gasteiger partial charge is 0.0917 e. The standard InChI is InChI=1S/C31H40/c1-3-5-7-9-27-12-16-29(17-13-27)19-21-31-24-22-30(23-25-31)20-18-28-14-10-26(11-15-28)8-6-4-2/h3,5,12-13,16-17,22-26,28H,4,6-11,14-15,18,20H2,1-2H3/b5-3+. The molecule has 0 N–H and O–H groups in total. The minimum atomic E-state index is 0.943. The van der Waals surface area contributed by atoms with Gasteiger partial charge < -0.3 is 0 Å². The maximum absolute atomic E-state index is 3.33. The molecule has 1 aliphatic rings. The molecule has 0 heteroatoms. The van der Waals surface area contributed by atoms with Crippen molar-refractivity contribution >= 4 is 0 Å². The van der Waals surface area contributed by atoms with Gasteiger partial charge in [0.15, 0.2) is 0 Å². The van der Waals surface area contributed by atoms with Gasteiger partial charge in [-0.3, -0.25) is 0 Å². The zero-order valence-electron chi connectivity index (χ0n) is 19.7. The van der Waals surface area contributed by atoms with Crippen LogP contribution in [0.25, 0.3) is 0 Å². The zero-order valence-corrected chi connectivity index (χ0v) is 19.7. The third-order valence-electron chi connectivity index (χ3n) is 6.87. The van der Waals surface area contributed by atoms with Gasteiger partial charge in [-0.05, 0) is 79.8 Å². The molecule has 0 radical (unpaired) electrons. The van der Waals surface area contributed by atoms with E-state index in [4.69, 9.17) is 0 Å². The van der Waals surface area contributed by atoms with E-state index in [0.29, 0.717) is 0 Å². The molecule has 0 amide bonds. The molecule has 1 aliphatic carbocycles. The van der Waals surface area contributed by atoms with Crippen LogP contribution in [0.15, 0.2) is 60.7 Å². The van der Waals surface area contributed by atoms with Gasteiger partial charge in [-0.15, -0.1) is 0 Å². The highest BCUT2D eigenvalue weighted by molar-refractivity contribution is 5.44. The second-order valence-corrected chi connectivity index (χ2v) is 9.32. The molecule has 3 rings (SSSR count). The smallest absolute Gasteiger partial charge is 0.0249 e. The van der Waals surface area contributed by atoms with E-state index in [0.717, 1.165) is 35.8 Å². The Kier molecular flexibility index (Phi) is 9.98. The fourth-order valence-electron chi connectivity index (χ4n) is 4.74. The summed E-state index contributed by atoms with van der Waals surface area (Å²) in [6.45, 7) is 4.39. The van der Waals surface area contributed by atoms with Crippen LogP contribution in [-0.4, -0.2) is 0 Å². The Morgan fingerprint density at radius 2 is 1.26 bits per heavy atom. The van der Waals surface area contributed by atoms with Crippen LogP contribution in [0.4, 0.5) is 0 Å². The summed E-state index contributed by atoms with van der Waals surface area (Å²) in [5.41, 5.74) is 5.04. The normalized spacial score (nSPS) is 18.6. The predicted molar refractivity (Wildman–Crippen MR) is 135 cm³/mol. The van der Waals surface area contributed by atoms with Crippen LogP contribution in [0.2, 0.25) is 0 Å². The SMILES string of the molecule is C/C=C/CCc1ccc(C#Cc2ccc(CCC3CCC(CCCC)CC3)cc2)cc1. The first-order valence-corrected chi connectivity index (χ1v) is 12.6. The van der Waals surface area contributed by atoms with E-state index in [1.54, 1.807) is 0 Å². The number of aryl methyl sites for hydroxylation is 2. The lowest BCUT2D eigenvalue weighted by molar-refractivity contribution is 0.250. The highest BCUT2D eigenvalue weighted by atomic mass is 14.3. The highest BCUT2D eigenvalue weighted by Crippen LogP contribution is 2.34. The molecule has 0 aliphatic heterocycles. The van der Waals surface area contributed by atoms with E-state index in [1.165, 1.54) is 68.9 Å². The van der Waals surface area contributed by atoms with E-state index in [2.05, 4.69) is 86.4 Å². The lowest BCUT2D eigenvalue weighted by Crippen LogP contribution is -2.15. The summed E-state index contributed by atoms with van der Waals surface area (Å²) in [4.78, 5) is 0. The van der Waals surface area contributed by atoms with Crippen LogP contribution >= 0.6 is 0 Å². The summed E-state index contributed by atoms with van der Waals surface area (Å²) in [6, 6.07) is 17.6. The zero-order chi connectivity index (χ0) is 21.7. The van der Waals surface area contributed by atoms with Crippen molar-refractivity contribution in [2.45, 2.75) is 84.5 Å². The summed E-state index contributed by atoms with van der Waals surface area (Å²) >= 11 is 0. The number of hydrogen-bond acceptors (Lipinski definition) is 0. The summed E-state index contributed by atoms with van der Waals surface area (Å²) in [5, 5.41) is 0. The van der Waals surface area contributed by atoms with E-state index >= 15 is 0 Å². The first-order chi connectivity index (χ1) is 15.3. The molecule has 0 aromatic heterocycles. The van der Waals surface area contributed by atoms with Gasteiger partial charge in [-0.25, -0.2) is 0 Å². The summed E-state index contributed by atoms with van der Waals surface area (Å²) in [5.74, 6) is 8.60. The Balaban J connectivity index is 1.42. The van der Waals surface area contributed by atoms with Crippen LogP contribution < -0.4 is 0 Å². The van der Waals surface area contributed by atoms with E-state index in [9.17, 15) is 0 Å². The first-order valence-electron chi connectivity index (χ1n) is 12.6. The van der Waals surface area contributed by atoms with Gasteiger partial charge in [0.2, 0.25) is 0 Å². The molecule has 0 spiro atoms. The molecule has 164 valence electrons. The Morgan fingerprint density at radius 1 is 0.742 bits per heavy atom. The molecule has 0 unspecified atom stereocenters. The molecule has 2 aromatic carbocycles. The van der Waals surface area contributed by atoms with Crippen molar-refractivity contribution in [2.75, 3.05) is 0 Å². The molecule has 0 atom stereocenters. The topological polar surface area (TPSA) is 0 Å². The summed E-state index contributed by atoms with van der Waals surface area (Å²) in [7, 11) is 0. The second kappa shape index (κ2) is 13.2. The van der Waals surface area contributed by atoms with Crippen LogP contribution in [-0.2, 0) is 12.8 Å². The van der Waals surface area contributed by atoms with E-state index < -0.39 is 0 Å². The molecule has 1 fully saturated rings. The fourth-order valence-corrected chi connectivity index (χ4v) is 4.74. The Hall–Kier alpha value is -2.26. The van der Waals surface area contributed by atoms with Gasteiger partial charge in [0.05, 0.1) is 0 Å². The Labute approximate surface area is 191 Å². The van der Waals surface area contributed by atoms with Gasteiger partial charge in [0, 0.05) is 11.1 Å². The minimum absolute atomic E-state index is 0.943. The summed E-state index contributed by atoms with van der Waals surface area (Å²) < 4.78 is 0. The van der Waals surface area contributed by atoms with Crippen LogP contribution in [0.3, 0.4) is 0 Å². The van der Waals surface area contributed by atoms with E-state index in [-0.39, 0.29) is 0 Å². The third kappa shape index (κ3) is 8.41. The van der Waals surface area contributed by atoms with Gasteiger partial charge in [-0.2, -0.15) is 0 Å². The molecule has 0 saturated heterocycles. The van der Waals surface area contributed by atoms with Gasteiger partial charge in [0.1, 0.15) is 0 Å². The van der Waals surface area contributed by atoms with Gasteiger partial charge in [-0.1, -0.05) is 100 Å². The molecular weight excluding hydrogens is 372 g/mol. The molecule has 0 bridgehead atoms. The quantitative estimate of drug-likeness (QED) is 0.286. The number of benzene rings is 2. The fraction of sp³-hybridized carbons (Fsp3) is 0.484. The third-order valence-corrected chi connectivity index (χ3v) is 6.87. The maximum Gasteiger partial charge on any atom is 0.0249 e. The number of hydrogen-bond donors (Lipinski definition) is 0. The molecule has 0 nitrogen and oxygen atoms in total. The van der Waals surface area contributed by atoms with Crippen molar-refractivity contribution in [1.29, 1.82) is 0 Å². The van der Waals surface area contributed by atoms with Crippen LogP contribution in [0.5, 0.6) is 0 Å². The van der Waals surface area contributed by atoms with Crippen molar-refractivity contribution < 1.29 is 0 Å². The van der Waals surface area contributed by atoms with Gasteiger partial charge >= 0.3 is 0 Å². The number of rotatable bonds is 9. The van der Waals surface area contributed by atoms with E-state index in [1.807, 2.05) is 0 Å². The van der Waals surface area contributed by atoms with Crippen LogP contribution in [0.1, 0.15) is 93.9 Å². The Bertz CT molecular complexity index is 834. The lowest BCUT2D eigenvalue weighted by atomic mass is 9.78. The molecule has 0 heterocycles. The Morgan fingerprint density at radius 3 is 1.77 bits per heavy atom. The number of allylic oxidation sites excluding steroid dienone is 2. The second-order valence-electron chi connectivity index (χ2n) is 9.32. The van der Waals surface area contributed by atoms with Crippen molar-refractivity contribution in [3.63, 3.8) is 0 Å². The minimum Gasteiger partial charge on any atom is -0.0917 e.